The molecule has 1 aliphatic heterocycles. The molecule has 1 aromatic carbocycles. The van der Waals surface area contributed by atoms with Gasteiger partial charge in [0.15, 0.2) is 11.6 Å². The first-order valence-corrected chi connectivity index (χ1v) is 9.05. The van der Waals surface area contributed by atoms with Gasteiger partial charge in [0, 0.05) is 50.1 Å². The third-order valence-corrected chi connectivity index (χ3v) is 4.67. The van der Waals surface area contributed by atoms with E-state index in [9.17, 15) is 8.78 Å². The van der Waals surface area contributed by atoms with Crippen molar-refractivity contribution in [3.63, 3.8) is 0 Å². The third kappa shape index (κ3) is 3.94. The second-order valence-electron chi connectivity index (χ2n) is 6.91. The first-order valence-electron chi connectivity index (χ1n) is 9.05. The molecule has 1 fully saturated rings. The fourth-order valence-electron chi connectivity index (χ4n) is 3.10. The highest BCUT2D eigenvalue weighted by molar-refractivity contribution is 5.65. The second-order valence-corrected chi connectivity index (χ2v) is 6.91. The zero-order chi connectivity index (χ0) is 19.7. The molecule has 0 aliphatic carbocycles. The van der Waals surface area contributed by atoms with Crippen molar-refractivity contribution in [1.82, 2.24) is 25.1 Å². The van der Waals surface area contributed by atoms with Gasteiger partial charge in [0.25, 0.3) is 0 Å². The molecule has 28 heavy (non-hydrogen) atoms. The van der Waals surface area contributed by atoms with Crippen LogP contribution < -0.4 is 10.2 Å². The van der Waals surface area contributed by atoms with Crippen LogP contribution in [-0.4, -0.2) is 58.3 Å². The summed E-state index contributed by atoms with van der Waals surface area (Å²) in [5.41, 5.74) is 1.05. The monoisotopic (exact) mass is 385 g/mol. The van der Waals surface area contributed by atoms with Gasteiger partial charge in [0.2, 0.25) is 0 Å². The number of aromatic nitrogens is 4. The molecule has 0 unspecified atom stereocenters. The Morgan fingerprint density at radius 3 is 2.46 bits per heavy atom. The van der Waals surface area contributed by atoms with E-state index in [2.05, 4.69) is 42.3 Å². The maximum absolute atomic E-state index is 14.3. The van der Waals surface area contributed by atoms with E-state index >= 15 is 0 Å². The lowest BCUT2D eigenvalue weighted by molar-refractivity contribution is 0.312. The standard InChI is InChI=1S/C19H21F2N7/c1-12-9-17(26-25-12)22-16-11-18(28-7-5-27(2)6-8-28)24-19(23-16)14-4-3-13(20)10-15(14)21/h3-4,9-11H,5-8H2,1-2H3,(H2,22,23,24,25,26). The van der Waals surface area contributed by atoms with Crippen LogP contribution in [0.2, 0.25) is 0 Å². The summed E-state index contributed by atoms with van der Waals surface area (Å²) < 4.78 is 27.7. The van der Waals surface area contributed by atoms with Crippen molar-refractivity contribution in [2.24, 2.45) is 0 Å². The molecule has 0 saturated carbocycles. The maximum atomic E-state index is 14.3. The summed E-state index contributed by atoms with van der Waals surface area (Å²) in [4.78, 5) is 13.4. The SMILES string of the molecule is Cc1cc(Nc2cc(N3CCN(C)CC3)nc(-c3ccc(F)cc3F)n2)n[nH]1. The van der Waals surface area contributed by atoms with Crippen molar-refractivity contribution < 1.29 is 8.78 Å². The van der Waals surface area contributed by atoms with Crippen LogP contribution in [0.3, 0.4) is 0 Å². The van der Waals surface area contributed by atoms with Gasteiger partial charge in [-0.15, -0.1) is 0 Å². The lowest BCUT2D eigenvalue weighted by atomic mass is 10.2. The summed E-state index contributed by atoms with van der Waals surface area (Å²) in [6.45, 7) is 5.32. The smallest absolute Gasteiger partial charge is 0.166 e. The zero-order valence-electron chi connectivity index (χ0n) is 15.7. The Morgan fingerprint density at radius 2 is 1.79 bits per heavy atom. The number of aryl methyl sites for hydroxylation is 1. The normalized spacial score (nSPS) is 15.1. The second kappa shape index (κ2) is 7.51. The average Bonchev–Trinajstić information content (AvgIpc) is 3.06. The largest absolute Gasteiger partial charge is 0.354 e. The van der Waals surface area contributed by atoms with Crippen LogP contribution in [-0.2, 0) is 0 Å². The first-order chi connectivity index (χ1) is 13.5. The highest BCUT2D eigenvalue weighted by Crippen LogP contribution is 2.27. The number of benzene rings is 1. The fourth-order valence-corrected chi connectivity index (χ4v) is 3.10. The summed E-state index contributed by atoms with van der Waals surface area (Å²) in [6.07, 6.45) is 0. The Bertz CT molecular complexity index is 980. The molecular formula is C19H21F2N7. The van der Waals surface area contributed by atoms with Crippen LogP contribution in [0.5, 0.6) is 0 Å². The van der Waals surface area contributed by atoms with Gasteiger partial charge in [0.1, 0.15) is 23.3 Å². The van der Waals surface area contributed by atoms with E-state index < -0.39 is 11.6 Å². The summed E-state index contributed by atoms with van der Waals surface area (Å²) in [5.74, 6) is 0.652. The minimum Gasteiger partial charge on any atom is -0.354 e. The Hall–Kier alpha value is -3.07. The third-order valence-electron chi connectivity index (χ3n) is 4.67. The van der Waals surface area contributed by atoms with Crippen LogP contribution in [0.15, 0.2) is 30.3 Å². The van der Waals surface area contributed by atoms with E-state index in [-0.39, 0.29) is 11.4 Å². The van der Waals surface area contributed by atoms with Crippen molar-refractivity contribution in [1.29, 1.82) is 0 Å². The van der Waals surface area contributed by atoms with Crippen LogP contribution in [0, 0.1) is 18.6 Å². The Kier molecular flexibility index (Phi) is 4.91. The molecule has 4 rings (SSSR count). The van der Waals surface area contributed by atoms with Gasteiger partial charge >= 0.3 is 0 Å². The van der Waals surface area contributed by atoms with E-state index in [0.29, 0.717) is 17.5 Å². The number of piperazine rings is 1. The molecule has 2 N–H and O–H groups in total. The zero-order valence-corrected chi connectivity index (χ0v) is 15.7. The van der Waals surface area contributed by atoms with Gasteiger partial charge < -0.3 is 15.1 Å². The predicted molar refractivity (Wildman–Crippen MR) is 104 cm³/mol. The minimum atomic E-state index is -0.697. The number of nitrogens with zero attached hydrogens (tertiary/aromatic N) is 5. The summed E-state index contributed by atoms with van der Waals surface area (Å²) in [5, 5.41) is 10.1. The lowest BCUT2D eigenvalue weighted by Crippen LogP contribution is -2.44. The average molecular weight is 385 g/mol. The molecule has 0 radical (unpaired) electrons. The molecule has 146 valence electrons. The molecule has 3 heterocycles. The van der Waals surface area contributed by atoms with Gasteiger partial charge in [-0.25, -0.2) is 18.7 Å². The fraction of sp³-hybridized carbons (Fsp3) is 0.316. The molecule has 1 aliphatic rings. The Balaban J connectivity index is 1.73. The molecule has 0 amide bonds. The lowest BCUT2D eigenvalue weighted by Gasteiger charge is -2.33. The molecule has 7 nitrogen and oxygen atoms in total. The quantitative estimate of drug-likeness (QED) is 0.720. The molecule has 0 spiro atoms. The first kappa shape index (κ1) is 18.3. The Labute approximate surface area is 161 Å². The number of anilines is 3. The van der Waals surface area contributed by atoms with Gasteiger partial charge in [-0.2, -0.15) is 5.10 Å². The van der Waals surface area contributed by atoms with E-state index in [1.165, 1.54) is 12.1 Å². The van der Waals surface area contributed by atoms with Gasteiger partial charge in [-0.3, -0.25) is 5.10 Å². The summed E-state index contributed by atoms with van der Waals surface area (Å²) >= 11 is 0. The van der Waals surface area contributed by atoms with Crippen molar-refractivity contribution in [2.45, 2.75) is 6.92 Å². The number of rotatable bonds is 4. The molecule has 2 aromatic heterocycles. The van der Waals surface area contributed by atoms with Crippen LogP contribution in [0.25, 0.3) is 11.4 Å². The number of H-pyrrole nitrogens is 1. The van der Waals surface area contributed by atoms with Gasteiger partial charge in [-0.05, 0) is 26.1 Å². The van der Waals surface area contributed by atoms with Crippen molar-refractivity contribution in [3.8, 4) is 11.4 Å². The van der Waals surface area contributed by atoms with Gasteiger partial charge in [0.05, 0.1) is 5.56 Å². The van der Waals surface area contributed by atoms with Crippen molar-refractivity contribution in [3.05, 3.63) is 47.7 Å². The maximum Gasteiger partial charge on any atom is 0.166 e. The topological polar surface area (TPSA) is 73.0 Å². The number of aromatic amines is 1. The number of nitrogens with one attached hydrogen (secondary N) is 2. The van der Waals surface area contributed by atoms with Crippen molar-refractivity contribution in [2.75, 3.05) is 43.4 Å². The van der Waals surface area contributed by atoms with Crippen LogP contribution in [0.1, 0.15) is 5.69 Å². The van der Waals surface area contributed by atoms with E-state index in [4.69, 9.17) is 0 Å². The Morgan fingerprint density at radius 1 is 1.00 bits per heavy atom. The molecule has 1 saturated heterocycles. The summed E-state index contributed by atoms with van der Waals surface area (Å²) in [6, 6.07) is 7.06. The number of hydrogen-bond donors (Lipinski definition) is 2. The number of hydrogen-bond acceptors (Lipinski definition) is 6. The summed E-state index contributed by atoms with van der Waals surface area (Å²) in [7, 11) is 2.07. The van der Waals surface area contributed by atoms with E-state index in [1.807, 2.05) is 19.1 Å². The van der Waals surface area contributed by atoms with E-state index in [1.54, 1.807) is 0 Å². The number of halogens is 2. The van der Waals surface area contributed by atoms with Crippen LogP contribution >= 0.6 is 0 Å². The highest BCUT2D eigenvalue weighted by atomic mass is 19.1. The van der Waals surface area contributed by atoms with Crippen molar-refractivity contribution >= 4 is 17.5 Å². The molecule has 0 atom stereocenters. The molecule has 3 aromatic rings. The molecular weight excluding hydrogens is 364 g/mol. The highest BCUT2D eigenvalue weighted by Gasteiger charge is 2.19. The van der Waals surface area contributed by atoms with E-state index in [0.717, 1.165) is 37.9 Å². The van der Waals surface area contributed by atoms with Gasteiger partial charge in [-0.1, -0.05) is 0 Å². The minimum absolute atomic E-state index is 0.152. The predicted octanol–water partition coefficient (Wildman–Crippen LogP) is 2.95. The molecule has 9 heteroatoms. The number of likely N-dealkylation sites (N-methyl/N-ethyl adjacent to an activating group) is 1. The molecule has 0 bridgehead atoms. The van der Waals surface area contributed by atoms with Crippen LogP contribution in [0.4, 0.5) is 26.2 Å².